The summed E-state index contributed by atoms with van der Waals surface area (Å²) in [5, 5.41) is 13.1. The molecule has 0 saturated carbocycles. The quantitative estimate of drug-likeness (QED) is 0.625. The van der Waals surface area contributed by atoms with E-state index in [9.17, 15) is 14.7 Å². The van der Waals surface area contributed by atoms with Gasteiger partial charge >= 0.3 is 0 Å². The predicted molar refractivity (Wildman–Crippen MR) is 104 cm³/mol. The van der Waals surface area contributed by atoms with Crippen LogP contribution in [0.15, 0.2) is 51.7 Å². The normalized spacial score (nSPS) is 12.4. The largest absolute Gasteiger partial charge is 0.484 e. The molecule has 1 heterocycles. The van der Waals surface area contributed by atoms with Crippen LogP contribution >= 0.6 is 0 Å². The second-order valence-corrected chi connectivity index (χ2v) is 6.95. The Kier molecular flexibility index (Phi) is 5.76. The van der Waals surface area contributed by atoms with Gasteiger partial charge in [0, 0.05) is 6.07 Å². The molecule has 142 valence electrons. The Morgan fingerprint density at radius 3 is 2.63 bits per heavy atom. The van der Waals surface area contributed by atoms with Crippen molar-refractivity contribution in [2.45, 2.75) is 26.3 Å². The number of carbonyl (C=O) groups excluding carboxylic acids is 1. The molecule has 3 rings (SSSR count). The number of nitrogens with one attached hydrogen (secondary N) is 1. The number of carbonyl (C=O) groups is 1. The van der Waals surface area contributed by atoms with Gasteiger partial charge in [-0.05, 0) is 36.6 Å². The van der Waals surface area contributed by atoms with Gasteiger partial charge in [0.1, 0.15) is 16.9 Å². The van der Waals surface area contributed by atoms with Gasteiger partial charge in [-0.1, -0.05) is 26.0 Å². The van der Waals surface area contributed by atoms with E-state index in [0.717, 1.165) is 0 Å². The molecule has 0 saturated heterocycles. The average molecular weight is 369 g/mol. The molecule has 0 fully saturated rings. The number of para-hydroxylation sites is 1. The summed E-state index contributed by atoms with van der Waals surface area (Å²) in [6, 6.07) is 11.6. The number of ether oxygens (including phenoxy) is 1. The van der Waals surface area contributed by atoms with Crippen LogP contribution in [-0.4, -0.2) is 30.3 Å². The Morgan fingerprint density at radius 2 is 1.89 bits per heavy atom. The van der Waals surface area contributed by atoms with Crippen LogP contribution in [0.5, 0.6) is 5.75 Å². The molecule has 0 spiro atoms. The van der Waals surface area contributed by atoms with Crippen LogP contribution in [0.2, 0.25) is 0 Å². The van der Waals surface area contributed by atoms with E-state index in [-0.39, 0.29) is 30.6 Å². The zero-order valence-corrected chi connectivity index (χ0v) is 15.4. The third kappa shape index (κ3) is 4.46. The van der Waals surface area contributed by atoms with E-state index < -0.39 is 0 Å². The van der Waals surface area contributed by atoms with Crippen LogP contribution in [0.3, 0.4) is 0 Å². The van der Waals surface area contributed by atoms with Crippen LogP contribution in [0.25, 0.3) is 21.9 Å². The van der Waals surface area contributed by atoms with Crippen LogP contribution in [-0.2, 0) is 4.79 Å². The zero-order chi connectivity index (χ0) is 19.4. The molecule has 3 aromatic rings. The van der Waals surface area contributed by atoms with Gasteiger partial charge in [-0.3, -0.25) is 9.59 Å². The Hall–Kier alpha value is -2.86. The van der Waals surface area contributed by atoms with Crippen LogP contribution in [0.4, 0.5) is 0 Å². The van der Waals surface area contributed by atoms with Gasteiger partial charge in [0.15, 0.2) is 6.61 Å². The molecule has 6 heteroatoms. The highest BCUT2D eigenvalue weighted by Crippen LogP contribution is 2.22. The van der Waals surface area contributed by atoms with Crippen molar-refractivity contribution in [2.75, 3.05) is 13.2 Å². The first kappa shape index (κ1) is 18.9. The van der Waals surface area contributed by atoms with Crippen LogP contribution in [0, 0.1) is 5.92 Å². The minimum atomic E-state index is -0.310. The van der Waals surface area contributed by atoms with E-state index >= 15 is 0 Å². The second-order valence-electron chi connectivity index (χ2n) is 6.95. The van der Waals surface area contributed by atoms with Crippen molar-refractivity contribution in [3.8, 4) is 5.75 Å². The van der Waals surface area contributed by atoms with E-state index in [0.29, 0.717) is 40.0 Å². The number of aliphatic hydroxyl groups excluding tert-OH is 1. The first-order chi connectivity index (χ1) is 13.0. The predicted octanol–water partition coefficient (Wildman–Crippen LogP) is 2.85. The van der Waals surface area contributed by atoms with E-state index in [4.69, 9.17) is 9.15 Å². The minimum Gasteiger partial charge on any atom is -0.484 e. The van der Waals surface area contributed by atoms with E-state index in [1.165, 1.54) is 0 Å². The van der Waals surface area contributed by atoms with Gasteiger partial charge in [0.2, 0.25) is 5.43 Å². The SMILES string of the molecule is CC(C)C[C@@H](CO)NC(=O)COc1ccc2c(=O)c3ccccc3oc2c1. The lowest BCUT2D eigenvalue weighted by Crippen LogP contribution is -2.40. The van der Waals surface area contributed by atoms with E-state index in [2.05, 4.69) is 5.32 Å². The molecular formula is C21H23NO5. The number of amides is 1. The summed E-state index contributed by atoms with van der Waals surface area (Å²) in [7, 11) is 0. The van der Waals surface area contributed by atoms with Crippen molar-refractivity contribution in [2.24, 2.45) is 5.92 Å². The summed E-state index contributed by atoms with van der Waals surface area (Å²) in [4.78, 5) is 24.6. The van der Waals surface area contributed by atoms with E-state index in [1.54, 1.807) is 42.5 Å². The van der Waals surface area contributed by atoms with Crippen molar-refractivity contribution < 1.29 is 19.1 Å². The number of benzene rings is 2. The lowest BCUT2D eigenvalue weighted by Gasteiger charge is -2.18. The number of fused-ring (bicyclic) bond motifs is 2. The van der Waals surface area contributed by atoms with Crippen molar-refractivity contribution in [1.29, 1.82) is 0 Å². The number of rotatable bonds is 7. The first-order valence-electron chi connectivity index (χ1n) is 8.96. The maximum Gasteiger partial charge on any atom is 0.258 e. The van der Waals surface area contributed by atoms with Crippen molar-refractivity contribution in [3.63, 3.8) is 0 Å². The molecular weight excluding hydrogens is 346 g/mol. The first-order valence-corrected chi connectivity index (χ1v) is 8.96. The third-order valence-corrected chi connectivity index (χ3v) is 4.26. The summed E-state index contributed by atoms with van der Waals surface area (Å²) in [5.41, 5.74) is 0.810. The molecule has 0 aliphatic rings. The van der Waals surface area contributed by atoms with Gasteiger partial charge in [-0.25, -0.2) is 0 Å². The second kappa shape index (κ2) is 8.22. The number of hydrogen-bond donors (Lipinski definition) is 2. The number of hydrogen-bond acceptors (Lipinski definition) is 5. The van der Waals surface area contributed by atoms with Crippen molar-refractivity contribution in [1.82, 2.24) is 5.32 Å². The standard InChI is InChI=1S/C21H23NO5/c1-13(2)9-14(11-23)22-20(24)12-26-15-7-8-17-19(10-15)27-18-6-4-3-5-16(18)21(17)25/h3-8,10,13-14,23H,9,11-12H2,1-2H3,(H,22,24)/t14-/m0/s1. The molecule has 6 nitrogen and oxygen atoms in total. The topological polar surface area (TPSA) is 88.8 Å². The minimum absolute atomic E-state index is 0.101. The van der Waals surface area contributed by atoms with Gasteiger partial charge in [0.25, 0.3) is 5.91 Å². The van der Waals surface area contributed by atoms with Gasteiger partial charge in [-0.2, -0.15) is 0 Å². The fourth-order valence-corrected chi connectivity index (χ4v) is 3.04. The summed E-state index contributed by atoms with van der Waals surface area (Å²) >= 11 is 0. The molecule has 1 aromatic heterocycles. The molecule has 1 atom stereocenters. The average Bonchev–Trinajstić information content (AvgIpc) is 2.65. The Labute approximate surface area is 156 Å². The highest BCUT2D eigenvalue weighted by Gasteiger charge is 2.14. The van der Waals surface area contributed by atoms with E-state index in [1.807, 2.05) is 13.8 Å². The van der Waals surface area contributed by atoms with Crippen molar-refractivity contribution >= 4 is 27.8 Å². The Morgan fingerprint density at radius 1 is 1.15 bits per heavy atom. The fourth-order valence-electron chi connectivity index (χ4n) is 3.04. The molecule has 0 radical (unpaired) electrons. The third-order valence-electron chi connectivity index (χ3n) is 4.26. The Bertz CT molecular complexity index is 1010. The molecule has 0 bridgehead atoms. The molecule has 2 N–H and O–H groups in total. The maximum absolute atomic E-state index is 12.5. The monoisotopic (exact) mass is 369 g/mol. The molecule has 0 aliphatic carbocycles. The number of aliphatic hydroxyl groups is 1. The van der Waals surface area contributed by atoms with Gasteiger partial charge in [0.05, 0.1) is 23.4 Å². The molecule has 1 amide bonds. The maximum atomic E-state index is 12.5. The molecule has 0 unspecified atom stereocenters. The zero-order valence-electron chi connectivity index (χ0n) is 15.4. The van der Waals surface area contributed by atoms with Crippen molar-refractivity contribution in [3.05, 3.63) is 52.7 Å². The molecule has 27 heavy (non-hydrogen) atoms. The molecule has 2 aromatic carbocycles. The summed E-state index contributed by atoms with van der Waals surface area (Å²) in [6.07, 6.45) is 0.691. The van der Waals surface area contributed by atoms with Crippen LogP contribution in [0.1, 0.15) is 20.3 Å². The lowest BCUT2D eigenvalue weighted by molar-refractivity contribution is -0.124. The highest BCUT2D eigenvalue weighted by molar-refractivity contribution is 5.90. The van der Waals surface area contributed by atoms with Gasteiger partial charge in [-0.15, -0.1) is 0 Å². The van der Waals surface area contributed by atoms with Crippen LogP contribution < -0.4 is 15.5 Å². The highest BCUT2D eigenvalue weighted by atomic mass is 16.5. The Balaban J connectivity index is 1.73. The smallest absolute Gasteiger partial charge is 0.258 e. The summed E-state index contributed by atoms with van der Waals surface area (Å²) in [5.74, 6) is 0.483. The summed E-state index contributed by atoms with van der Waals surface area (Å²) in [6.45, 7) is 3.76. The van der Waals surface area contributed by atoms with Gasteiger partial charge < -0.3 is 19.6 Å². The lowest BCUT2D eigenvalue weighted by atomic mass is 10.0. The summed E-state index contributed by atoms with van der Waals surface area (Å²) < 4.78 is 11.3. The molecule has 0 aliphatic heterocycles. The fraction of sp³-hybridized carbons (Fsp3) is 0.333.